The number of hydrogen-bond donors (Lipinski definition) is 2. The van der Waals surface area contributed by atoms with E-state index in [9.17, 15) is 4.79 Å². The van der Waals surface area contributed by atoms with Gasteiger partial charge in [0.1, 0.15) is 0 Å². The van der Waals surface area contributed by atoms with Crippen molar-refractivity contribution in [3.8, 4) is 0 Å². The summed E-state index contributed by atoms with van der Waals surface area (Å²) < 4.78 is 5.30. The van der Waals surface area contributed by atoms with Crippen LogP contribution in [-0.2, 0) is 4.74 Å². The van der Waals surface area contributed by atoms with Gasteiger partial charge in [-0.2, -0.15) is 0 Å². The number of amides is 1. The fraction of sp³-hybridized carbons (Fsp3) is 0.417. The molecule has 1 aliphatic heterocycles. The van der Waals surface area contributed by atoms with Crippen LogP contribution >= 0.6 is 12.4 Å². The summed E-state index contributed by atoms with van der Waals surface area (Å²) >= 11 is 0. The highest BCUT2D eigenvalue weighted by Gasteiger charge is 2.16. The van der Waals surface area contributed by atoms with Gasteiger partial charge in [0.05, 0.1) is 12.6 Å². The van der Waals surface area contributed by atoms with Crippen LogP contribution in [0.15, 0.2) is 24.3 Å². The van der Waals surface area contributed by atoms with Crippen molar-refractivity contribution in [2.75, 3.05) is 18.9 Å². The van der Waals surface area contributed by atoms with Crippen LogP contribution in [0, 0.1) is 0 Å². The van der Waals surface area contributed by atoms with E-state index >= 15 is 0 Å². The van der Waals surface area contributed by atoms with E-state index in [1.54, 1.807) is 24.3 Å². The molecule has 1 fully saturated rings. The number of halogens is 1. The average molecular weight is 257 g/mol. The molecule has 1 saturated heterocycles. The zero-order valence-electron chi connectivity index (χ0n) is 9.52. The molecule has 1 unspecified atom stereocenters. The first-order valence-electron chi connectivity index (χ1n) is 5.50. The molecular formula is C12H17ClN2O2. The third-order valence-corrected chi connectivity index (χ3v) is 2.67. The van der Waals surface area contributed by atoms with Crippen LogP contribution in [-0.4, -0.2) is 25.2 Å². The number of hydrogen-bond acceptors (Lipinski definition) is 3. The lowest BCUT2D eigenvalue weighted by atomic mass is 10.1. The summed E-state index contributed by atoms with van der Waals surface area (Å²) in [6, 6.07) is 7.06. The highest BCUT2D eigenvalue weighted by Crippen LogP contribution is 2.09. The van der Waals surface area contributed by atoms with Crippen LogP contribution in [0.3, 0.4) is 0 Å². The van der Waals surface area contributed by atoms with Crippen molar-refractivity contribution in [1.82, 2.24) is 5.32 Å². The van der Waals surface area contributed by atoms with Crippen LogP contribution < -0.4 is 11.1 Å². The Morgan fingerprint density at radius 1 is 1.35 bits per heavy atom. The average Bonchev–Trinajstić information content (AvgIpc) is 2.31. The maximum atomic E-state index is 11.8. The Hall–Kier alpha value is -1.26. The predicted molar refractivity (Wildman–Crippen MR) is 69.4 cm³/mol. The smallest absolute Gasteiger partial charge is 0.251 e. The van der Waals surface area contributed by atoms with Crippen LogP contribution in [0.2, 0.25) is 0 Å². The molecule has 0 saturated carbocycles. The lowest BCUT2D eigenvalue weighted by Gasteiger charge is -2.23. The van der Waals surface area contributed by atoms with Gasteiger partial charge in [0.25, 0.3) is 5.91 Å². The number of nitrogen functional groups attached to an aromatic ring is 1. The topological polar surface area (TPSA) is 64.4 Å². The fourth-order valence-corrected chi connectivity index (χ4v) is 1.76. The second-order valence-corrected chi connectivity index (χ2v) is 4.01. The van der Waals surface area contributed by atoms with Gasteiger partial charge >= 0.3 is 0 Å². The van der Waals surface area contributed by atoms with E-state index in [0.717, 1.165) is 19.4 Å². The summed E-state index contributed by atoms with van der Waals surface area (Å²) in [4.78, 5) is 11.8. The van der Waals surface area contributed by atoms with Crippen LogP contribution in [0.4, 0.5) is 5.69 Å². The first-order chi connectivity index (χ1) is 7.75. The van der Waals surface area contributed by atoms with Gasteiger partial charge in [0.2, 0.25) is 0 Å². The molecule has 0 spiro atoms. The molecule has 17 heavy (non-hydrogen) atoms. The first kappa shape index (κ1) is 13.8. The van der Waals surface area contributed by atoms with Crippen molar-refractivity contribution in [2.45, 2.75) is 18.9 Å². The first-order valence-corrected chi connectivity index (χ1v) is 5.50. The molecule has 2 rings (SSSR count). The van der Waals surface area contributed by atoms with Gasteiger partial charge in [-0.05, 0) is 37.1 Å². The predicted octanol–water partition coefficient (Wildman–Crippen LogP) is 1.60. The van der Waals surface area contributed by atoms with Crippen molar-refractivity contribution < 1.29 is 9.53 Å². The molecule has 94 valence electrons. The largest absolute Gasteiger partial charge is 0.399 e. The Morgan fingerprint density at radius 2 is 2.06 bits per heavy atom. The number of nitrogens with two attached hydrogens (primary N) is 1. The van der Waals surface area contributed by atoms with E-state index in [1.165, 1.54) is 0 Å². The SMILES string of the molecule is Cl.Nc1ccc(C(=O)NC2CCCOC2)cc1. The maximum Gasteiger partial charge on any atom is 0.251 e. The Kier molecular flexibility index (Phi) is 5.25. The van der Waals surface area contributed by atoms with E-state index in [4.69, 9.17) is 10.5 Å². The summed E-state index contributed by atoms with van der Waals surface area (Å²) in [5.74, 6) is -0.0597. The van der Waals surface area contributed by atoms with Crippen molar-refractivity contribution in [3.05, 3.63) is 29.8 Å². The molecule has 1 aromatic rings. The fourth-order valence-electron chi connectivity index (χ4n) is 1.76. The lowest BCUT2D eigenvalue weighted by Crippen LogP contribution is -2.40. The van der Waals surface area contributed by atoms with E-state index < -0.39 is 0 Å². The standard InChI is InChI=1S/C12H16N2O2.ClH/c13-10-5-3-9(4-6-10)12(15)14-11-2-1-7-16-8-11;/h3-6,11H,1-2,7-8,13H2,(H,14,15);1H. The summed E-state index contributed by atoms with van der Waals surface area (Å²) in [5.41, 5.74) is 6.86. The number of carbonyl (C=O) groups is 1. The summed E-state index contributed by atoms with van der Waals surface area (Å²) in [5, 5.41) is 2.95. The summed E-state index contributed by atoms with van der Waals surface area (Å²) in [7, 11) is 0. The molecule has 1 atom stereocenters. The van der Waals surface area contributed by atoms with E-state index in [-0.39, 0.29) is 24.4 Å². The van der Waals surface area contributed by atoms with Crippen LogP contribution in [0.25, 0.3) is 0 Å². The van der Waals surface area contributed by atoms with Gasteiger partial charge in [0, 0.05) is 17.9 Å². The number of nitrogens with one attached hydrogen (secondary N) is 1. The molecule has 4 nitrogen and oxygen atoms in total. The number of anilines is 1. The normalized spacial score (nSPS) is 19.2. The molecular weight excluding hydrogens is 240 g/mol. The zero-order valence-corrected chi connectivity index (χ0v) is 10.3. The molecule has 0 aromatic heterocycles. The van der Waals surface area contributed by atoms with Gasteiger partial charge in [-0.15, -0.1) is 12.4 Å². The van der Waals surface area contributed by atoms with Gasteiger partial charge < -0.3 is 15.8 Å². The summed E-state index contributed by atoms with van der Waals surface area (Å²) in [6.07, 6.45) is 1.99. The van der Waals surface area contributed by atoms with Gasteiger partial charge in [-0.1, -0.05) is 0 Å². The van der Waals surface area contributed by atoms with Crippen molar-refractivity contribution in [2.24, 2.45) is 0 Å². The molecule has 3 N–H and O–H groups in total. The third-order valence-electron chi connectivity index (χ3n) is 2.67. The minimum absolute atomic E-state index is 0. The van der Waals surface area contributed by atoms with Gasteiger partial charge in [-0.25, -0.2) is 0 Å². The Labute approximate surface area is 107 Å². The maximum absolute atomic E-state index is 11.8. The van der Waals surface area contributed by atoms with Crippen LogP contribution in [0.5, 0.6) is 0 Å². The Morgan fingerprint density at radius 3 is 2.65 bits per heavy atom. The minimum Gasteiger partial charge on any atom is -0.399 e. The Balaban J connectivity index is 0.00000144. The van der Waals surface area contributed by atoms with Crippen LogP contribution in [0.1, 0.15) is 23.2 Å². The second kappa shape index (κ2) is 6.47. The Bertz CT molecular complexity index is 361. The highest BCUT2D eigenvalue weighted by atomic mass is 35.5. The van der Waals surface area contributed by atoms with E-state index in [0.29, 0.717) is 17.9 Å². The zero-order chi connectivity index (χ0) is 11.4. The molecule has 5 heteroatoms. The molecule has 1 heterocycles. The minimum atomic E-state index is -0.0597. The number of carbonyl (C=O) groups excluding carboxylic acids is 1. The molecule has 0 radical (unpaired) electrons. The quantitative estimate of drug-likeness (QED) is 0.790. The number of ether oxygens (including phenoxy) is 1. The van der Waals surface area contributed by atoms with E-state index in [2.05, 4.69) is 5.32 Å². The second-order valence-electron chi connectivity index (χ2n) is 4.01. The van der Waals surface area contributed by atoms with Crippen molar-refractivity contribution in [3.63, 3.8) is 0 Å². The number of rotatable bonds is 2. The monoisotopic (exact) mass is 256 g/mol. The lowest BCUT2D eigenvalue weighted by molar-refractivity contribution is 0.0624. The van der Waals surface area contributed by atoms with Crippen molar-refractivity contribution in [1.29, 1.82) is 0 Å². The third kappa shape index (κ3) is 3.91. The van der Waals surface area contributed by atoms with Crippen molar-refractivity contribution >= 4 is 24.0 Å². The van der Waals surface area contributed by atoms with Gasteiger partial charge in [-0.3, -0.25) is 4.79 Å². The summed E-state index contributed by atoms with van der Waals surface area (Å²) in [6.45, 7) is 1.41. The molecule has 1 aliphatic rings. The van der Waals surface area contributed by atoms with Gasteiger partial charge in [0.15, 0.2) is 0 Å². The number of benzene rings is 1. The molecule has 0 bridgehead atoms. The highest BCUT2D eigenvalue weighted by molar-refractivity contribution is 5.94. The van der Waals surface area contributed by atoms with E-state index in [1.807, 2.05) is 0 Å². The molecule has 1 amide bonds. The molecule has 1 aromatic carbocycles. The molecule has 0 aliphatic carbocycles.